The number of nitrogens with zero attached hydrogens (tertiary/aromatic N) is 4. The van der Waals surface area contributed by atoms with E-state index in [1.807, 2.05) is 23.1 Å². The molecule has 168 valence electrons. The van der Waals surface area contributed by atoms with Gasteiger partial charge in [0.05, 0.1) is 28.4 Å². The summed E-state index contributed by atoms with van der Waals surface area (Å²) in [5.74, 6) is -0.305. The molecule has 2 aromatic carbocycles. The second-order valence-electron chi connectivity index (χ2n) is 7.29. The van der Waals surface area contributed by atoms with Crippen molar-refractivity contribution in [2.24, 2.45) is 0 Å². The third kappa shape index (κ3) is 4.46. The number of benzene rings is 2. The number of amides is 1. The minimum absolute atomic E-state index is 0.00706. The largest absolute Gasteiger partial charge is 0.416 e. The first-order chi connectivity index (χ1) is 15.0. The summed E-state index contributed by atoms with van der Waals surface area (Å²) in [6.07, 6.45) is -8.43. The highest BCUT2D eigenvalue weighted by Gasteiger charge is 2.38. The zero-order valence-corrected chi connectivity index (χ0v) is 16.4. The number of alkyl halides is 6. The third-order valence-electron chi connectivity index (χ3n) is 5.16. The van der Waals surface area contributed by atoms with Gasteiger partial charge in [-0.3, -0.25) is 9.78 Å². The lowest BCUT2D eigenvalue weighted by Gasteiger charge is -2.35. The lowest BCUT2D eigenvalue weighted by molar-refractivity contribution is -0.143. The van der Waals surface area contributed by atoms with E-state index in [1.165, 1.54) is 4.90 Å². The molecular weight excluding hydrogens is 438 g/mol. The Morgan fingerprint density at radius 3 is 1.94 bits per heavy atom. The van der Waals surface area contributed by atoms with Gasteiger partial charge in [0.25, 0.3) is 5.91 Å². The van der Waals surface area contributed by atoms with Gasteiger partial charge in [-0.15, -0.1) is 0 Å². The van der Waals surface area contributed by atoms with E-state index in [1.54, 1.807) is 12.3 Å². The van der Waals surface area contributed by atoms with Crippen LogP contribution < -0.4 is 4.90 Å². The van der Waals surface area contributed by atoms with Crippen molar-refractivity contribution in [2.45, 2.75) is 12.4 Å². The van der Waals surface area contributed by atoms with E-state index in [0.29, 0.717) is 36.6 Å². The first kappa shape index (κ1) is 21.8. The SMILES string of the molecule is O=C(c1cc(C(F)(F)F)cc(C(F)(F)F)c1)N1CCN(c2cnc3ccccc3n2)CC1. The number of anilines is 1. The number of rotatable bonds is 2. The zero-order chi connectivity index (χ0) is 23.1. The van der Waals surface area contributed by atoms with E-state index in [-0.39, 0.29) is 19.2 Å². The fourth-order valence-electron chi connectivity index (χ4n) is 3.50. The molecule has 0 aliphatic carbocycles. The van der Waals surface area contributed by atoms with E-state index in [0.717, 1.165) is 5.52 Å². The fraction of sp³-hybridized carbons (Fsp3) is 0.286. The van der Waals surface area contributed by atoms with Crippen molar-refractivity contribution in [2.75, 3.05) is 31.1 Å². The summed E-state index contributed by atoms with van der Waals surface area (Å²) in [6, 6.07) is 8.19. The van der Waals surface area contributed by atoms with E-state index >= 15 is 0 Å². The molecule has 1 aliphatic rings. The number of para-hydroxylation sites is 2. The van der Waals surface area contributed by atoms with Crippen LogP contribution in [0, 0.1) is 0 Å². The Morgan fingerprint density at radius 2 is 1.38 bits per heavy atom. The lowest BCUT2D eigenvalue weighted by Crippen LogP contribution is -2.49. The number of hydrogen-bond acceptors (Lipinski definition) is 4. The van der Waals surface area contributed by atoms with Gasteiger partial charge in [0.2, 0.25) is 0 Å². The molecule has 0 atom stereocenters. The molecule has 3 aromatic rings. The quantitative estimate of drug-likeness (QED) is 0.530. The van der Waals surface area contributed by atoms with E-state index < -0.39 is 35.0 Å². The van der Waals surface area contributed by atoms with Gasteiger partial charge >= 0.3 is 12.4 Å². The number of carbonyl (C=O) groups excluding carboxylic acids is 1. The van der Waals surface area contributed by atoms with Crippen LogP contribution in [-0.4, -0.2) is 47.0 Å². The van der Waals surface area contributed by atoms with Crippen LogP contribution in [0.1, 0.15) is 21.5 Å². The standard InChI is InChI=1S/C21H16F6N4O/c22-20(23,24)14-9-13(10-15(11-14)21(25,26)27)19(32)31-7-5-30(6-8-31)18-12-28-16-3-1-2-4-17(16)29-18/h1-4,9-12H,5-8H2. The van der Waals surface area contributed by atoms with Gasteiger partial charge in [-0.05, 0) is 30.3 Å². The van der Waals surface area contributed by atoms with Gasteiger partial charge in [-0.25, -0.2) is 4.98 Å². The molecule has 1 aliphatic heterocycles. The van der Waals surface area contributed by atoms with E-state index in [9.17, 15) is 31.1 Å². The number of carbonyl (C=O) groups is 1. The summed E-state index contributed by atoms with van der Waals surface area (Å²) < 4.78 is 78.5. The normalized spacial score (nSPS) is 15.3. The minimum Gasteiger partial charge on any atom is -0.352 e. The summed E-state index contributed by atoms with van der Waals surface area (Å²) in [7, 11) is 0. The maximum atomic E-state index is 13.1. The maximum absolute atomic E-state index is 13.1. The van der Waals surface area contributed by atoms with E-state index in [2.05, 4.69) is 9.97 Å². The highest BCUT2D eigenvalue weighted by atomic mass is 19.4. The molecule has 0 unspecified atom stereocenters. The third-order valence-corrected chi connectivity index (χ3v) is 5.16. The number of piperazine rings is 1. The topological polar surface area (TPSA) is 49.3 Å². The molecule has 4 rings (SSSR count). The van der Waals surface area contributed by atoms with E-state index in [4.69, 9.17) is 0 Å². The maximum Gasteiger partial charge on any atom is 0.416 e. The molecule has 5 nitrogen and oxygen atoms in total. The van der Waals surface area contributed by atoms with Crippen molar-refractivity contribution in [3.63, 3.8) is 0 Å². The van der Waals surface area contributed by atoms with Crippen LogP contribution in [0.5, 0.6) is 0 Å². The number of hydrogen-bond donors (Lipinski definition) is 0. The zero-order valence-electron chi connectivity index (χ0n) is 16.4. The smallest absolute Gasteiger partial charge is 0.352 e. The van der Waals surface area contributed by atoms with Crippen LogP contribution in [0.15, 0.2) is 48.7 Å². The van der Waals surface area contributed by atoms with Gasteiger partial charge in [-0.2, -0.15) is 26.3 Å². The predicted octanol–water partition coefficient (Wildman–Crippen LogP) is 4.63. The Hall–Kier alpha value is -3.37. The highest BCUT2D eigenvalue weighted by molar-refractivity contribution is 5.95. The summed E-state index contributed by atoms with van der Waals surface area (Å²) in [6.45, 7) is 0.851. The van der Waals surface area contributed by atoms with Crippen molar-refractivity contribution >= 4 is 22.8 Å². The summed E-state index contributed by atoms with van der Waals surface area (Å²) in [4.78, 5) is 24.7. The second-order valence-corrected chi connectivity index (χ2v) is 7.29. The summed E-state index contributed by atoms with van der Waals surface area (Å²) in [5, 5.41) is 0. The molecule has 1 fully saturated rings. The average molecular weight is 454 g/mol. The molecule has 1 amide bonds. The van der Waals surface area contributed by atoms with Crippen molar-refractivity contribution in [1.82, 2.24) is 14.9 Å². The Bertz CT molecular complexity index is 1120. The first-order valence-corrected chi connectivity index (χ1v) is 9.58. The Morgan fingerprint density at radius 1 is 0.812 bits per heavy atom. The minimum atomic E-state index is -5.01. The van der Waals surface area contributed by atoms with Crippen molar-refractivity contribution < 1.29 is 31.1 Å². The van der Waals surface area contributed by atoms with Gasteiger partial charge in [0, 0.05) is 31.7 Å². The molecule has 0 bridgehead atoms. The fourth-order valence-corrected chi connectivity index (χ4v) is 3.50. The highest BCUT2D eigenvalue weighted by Crippen LogP contribution is 2.36. The number of fused-ring (bicyclic) bond motifs is 1. The van der Waals surface area contributed by atoms with Crippen molar-refractivity contribution in [1.29, 1.82) is 0 Å². The number of aromatic nitrogens is 2. The molecule has 1 aromatic heterocycles. The number of halogens is 6. The Balaban J connectivity index is 1.52. The summed E-state index contributed by atoms with van der Waals surface area (Å²) >= 11 is 0. The van der Waals surface area contributed by atoms with Gasteiger partial charge < -0.3 is 9.80 Å². The first-order valence-electron chi connectivity index (χ1n) is 9.58. The van der Waals surface area contributed by atoms with Crippen LogP contribution in [0.4, 0.5) is 32.2 Å². The Labute approximate surface area is 178 Å². The summed E-state index contributed by atoms with van der Waals surface area (Å²) in [5.41, 5.74) is -2.27. The average Bonchev–Trinajstić information content (AvgIpc) is 2.77. The molecule has 0 radical (unpaired) electrons. The van der Waals surface area contributed by atoms with Crippen LogP contribution >= 0.6 is 0 Å². The monoisotopic (exact) mass is 454 g/mol. The molecule has 11 heteroatoms. The molecule has 1 saturated heterocycles. The van der Waals surface area contributed by atoms with Gasteiger partial charge in [0.1, 0.15) is 5.82 Å². The molecule has 32 heavy (non-hydrogen) atoms. The van der Waals surface area contributed by atoms with Crippen LogP contribution in [-0.2, 0) is 12.4 Å². The lowest BCUT2D eigenvalue weighted by atomic mass is 10.0. The molecule has 0 N–H and O–H groups in total. The predicted molar refractivity (Wildman–Crippen MR) is 104 cm³/mol. The molecule has 0 saturated carbocycles. The molecule has 2 heterocycles. The van der Waals surface area contributed by atoms with Crippen molar-refractivity contribution in [3.8, 4) is 0 Å². The van der Waals surface area contributed by atoms with Crippen LogP contribution in [0.3, 0.4) is 0 Å². The second kappa shape index (κ2) is 7.95. The van der Waals surface area contributed by atoms with Crippen molar-refractivity contribution in [3.05, 3.63) is 65.4 Å². The van der Waals surface area contributed by atoms with Crippen LogP contribution in [0.25, 0.3) is 11.0 Å². The molecular formula is C21H16F6N4O. The molecule has 0 spiro atoms. The van der Waals surface area contributed by atoms with Gasteiger partial charge in [0.15, 0.2) is 0 Å². The van der Waals surface area contributed by atoms with Gasteiger partial charge in [-0.1, -0.05) is 12.1 Å². The Kier molecular flexibility index (Phi) is 5.43. The van der Waals surface area contributed by atoms with Crippen LogP contribution in [0.2, 0.25) is 0 Å².